The molecule has 1 saturated heterocycles. The van der Waals surface area contributed by atoms with Gasteiger partial charge in [-0.25, -0.2) is 4.98 Å². The van der Waals surface area contributed by atoms with Gasteiger partial charge in [0.05, 0.1) is 12.3 Å². The molecule has 0 bridgehead atoms. The van der Waals surface area contributed by atoms with Gasteiger partial charge < -0.3 is 10.1 Å². The minimum absolute atomic E-state index is 0.656. The van der Waals surface area contributed by atoms with E-state index in [4.69, 9.17) is 4.74 Å². The number of thiazole rings is 1. The highest BCUT2D eigenvalue weighted by molar-refractivity contribution is 7.13. The van der Waals surface area contributed by atoms with Gasteiger partial charge in [-0.2, -0.15) is 0 Å². The van der Waals surface area contributed by atoms with E-state index < -0.39 is 0 Å². The molecule has 4 heteroatoms. The Labute approximate surface area is 94.9 Å². The zero-order valence-corrected chi connectivity index (χ0v) is 10.2. The van der Waals surface area contributed by atoms with Gasteiger partial charge in [-0.3, -0.25) is 0 Å². The van der Waals surface area contributed by atoms with E-state index in [1.54, 1.807) is 11.3 Å². The molecule has 0 radical (unpaired) electrons. The van der Waals surface area contributed by atoms with E-state index in [2.05, 4.69) is 17.2 Å². The molecule has 2 heterocycles. The van der Waals surface area contributed by atoms with Crippen LogP contribution in [-0.4, -0.2) is 24.7 Å². The van der Waals surface area contributed by atoms with Gasteiger partial charge in [0.15, 0.2) is 0 Å². The molecule has 1 aromatic heterocycles. The summed E-state index contributed by atoms with van der Waals surface area (Å²) in [5.74, 6) is 0.656. The average molecular weight is 226 g/mol. The number of aromatic nitrogens is 1. The van der Waals surface area contributed by atoms with Crippen molar-refractivity contribution in [1.82, 2.24) is 10.3 Å². The van der Waals surface area contributed by atoms with E-state index in [0.717, 1.165) is 30.6 Å². The van der Waals surface area contributed by atoms with Crippen molar-refractivity contribution in [3.05, 3.63) is 10.6 Å². The first-order valence-corrected chi connectivity index (χ1v) is 6.35. The molecule has 0 aliphatic carbocycles. The smallest absolute Gasteiger partial charge is 0.273 e. The van der Waals surface area contributed by atoms with Crippen molar-refractivity contribution in [2.75, 3.05) is 19.7 Å². The van der Waals surface area contributed by atoms with E-state index in [-0.39, 0.29) is 0 Å². The van der Waals surface area contributed by atoms with Crippen molar-refractivity contribution in [2.45, 2.75) is 26.7 Å². The third-order valence-electron chi connectivity index (χ3n) is 2.85. The van der Waals surface area contributed by atoms with Crippen molar-refractivity contribution in [1.29, 1.82) is 0 Å². The zero-order chi connectivity index (χ0) is 10.7. The van der Waals surface area contributed by atoms with E-state index in [9.17, 15) is 0 Å². The molecule has 1 atom stereocenters. The lowest BCUT2D eigenvalue weighted by Crippen LogP contribution is -2.33. The Bertz CT molecular complexity index is 299. The highest BCUT2D eigenvalue weighted by Crippen LogP contribution is 2.24. The predicted molar refractivity (Wildman–Crippen MR) is 62.7 cm³/mol. The monoisotopic (exact) mass is 226 g/mol. The molecule has 0 spiro atoms. The van der Waals surface area contributed by atoms with Crippen LogP contribution in [0.25, 0.3) is 0 Å². The third kappa shape index (κ3) is 2.92. The Kier molecular flexibility index (Phi) is 3.59. The maximum absolute atomic E-state index is 5.71. The molecule has 15 heavy (non-hydrogen) atoms. The van der Waals surface area contributed by atoms with Gasteiger partial charge >= 0.3 is 0 Å². The lowest BCUT2D eigenvalue weighted by molar-refractivity contribution is 0.217. The fourth-order valence-corrected chi connectivity index (χ4v) is 2.53. The largest absolute Gasteiger partial charge is 0.470 e. The number of hydrogen-bond acceptors (Lipinski definition) is 4. The molecule has 0 saturated carbocycles. The molecular formula is C11H18N2OS. The summed E-state index contributed by atoms with van der Waals surface area (Å²) in [4.78, 5) is 5.63. The Morgan fingerprint density at radius 1 is 1.53 bits per heavy atom. The second kappa shape index (κ2) is 4.94. The molecule has 3 nitrogen and oxygen atoms in total. The highest BCUT2D eigenvalue weighted by atomic mass is 32.1. The molecule has 2 rings (SSSR count). The van der Waals surface area contributed by atoms with Crippen LogP contribution in [0.5, 0.6) is 5.19 Å². The molecule has 84 valence electrons. The number of aryl methyl sites for hydroxylation is 2. The van der Waals surface area contributed by atoms with Crippen LogP contribution in [0.15, 0.2) is 0 Å². The first-order valence-electron chi connectivity index (χ1n) is 5.53. The second-order valence-corrected chi connectivity index (χ2v) is 5.31. The first kappa shape index (κ1) is 10.9. The topological polar surface area (TPSA) is 34.1 Å². The van der Waals surface area contributed by atoms with E-state index in [0.29, 0.717) is 5.92 Å². The summed E-state index contributed by atoms with van der Waals surface area (Å²) < 4.78 is 5.71. The Morgan fingerprint density at radius 3 is 3.00 bits per heavy atom. The number of hydrogen-bond donors (Lipinski definition) is 1. The van der Waals surface area contributed by atoms with Crippen molar-refractivity contribution >= 4 is 11.3 Å². The van der Waals surface area contributed by atoms with Crippen LogP contribution in [0.3, 0.4) is 0 Å². The summed E-state index contributed by atoms with van der Waals surface area (Å²) in [6.07, 6.45) is 2.54. The summed E-state index contributed by atoms with van der Waals surface area (Å²) in [7, 11) is 0. The fourth-order valence-electron chi connectivity index (χ4n) is 1.76. The molecule has 0 amide bonds. The van der Waals surface area contributed by atoms with Crippen LogP contribution in [0.4, 0.5) is 0 Å². The van der Waals surface area contributed by atoms with Gasteiger partial charge in [-0.05, 0) is 33.2 Å². The van der Waals surface area contributed by atoms with Crippen molar-refractivity contribution in [2.24, 2.45) is 5.92 Å². The second-order valence-electron chi connectivity index (χ2n) is 4.14. The van der Waals surface area contributed by atoms with Gasteiger partial charge in [0.1, 0.15) is 0 Å². The number of nitrogens with zero attached hydrogens (tertiary/aromatic N) is 1. The fraction of sp³-hybridized carbons (Fsp3) is 0.727. The van der Waals surface area contributed by atoms with Crippen LogP contribution in [0, 0.1) is 19.8 Å². The lowest BCUT2D eigenvalue weighted by Gasteiger charge is -2.21. The van der Waals surface area contributed by atoms with Crippen LogP contribution >= 0.6 is 11.3 Å². The van der Waals surface area contributed by atoms with Crippen molar-refractivity contribution < 1.29 is 4.74 Å². The maximum atomic E-state index is 5.71. The first-order chi connectivity index (χ1) is 7.25. The quantitative estimate of drug-likeness (QED) is 0.857. The molecular weight excluding hydrogens is 208 g/mol. The van der Waals surface area contributed by atoms with E-state index in [1.807, 2.05) is 6.92 Å². The van der Waals surface area contributed by atoms with E-state index in [1.165, 1.54) is 17.7 Å². The van der Waals surface area contributed by atoms with Crippen LogP contribution in [0.1, 0.15) is 23.4 Å². The maximum Gasteiger partial charge on any atom is 0.273 e. The summed E-state index contributed by atoms with van der Waals surface area (Å²) in [5, 5.41) is 4.22. The van der Waals surface area contributed by atoms with Gasteiger partial charge in [0, 0.05) is 17.3 Å². The third-order valence-corrected chi connectivity index (χ3v) is 3.84. The SMILES string of the molecule is Cc1nc(OCC2CCCNC2)sc1C. The van der Waals surface area contributed by atoms with Gasteiger partial charge in [0.25, 0.3) is 5.19 Å². The van der Waals surface area contributed by atoms with Gasteiger partial charge in [-0.1, -0.05) is 11.3 Å². The zero-order valence-electron chi connectivity index (χ0n) is 9.38. The Balaban J connectivity index is 1.81. The molecule has 0 aromatic carbocycles. The Morgan fingerprint density at radius 2 is 2.40 bits per heavy atom. The van der Waals surface area contributed by atoms with Crippen molar-refractivity contribution in [3.63, 3.8) is 0 Å². The van der Waals surface area contributed by atoms with Crippen molar-refractivity contribution in [3.8, 4) is 5.19 Å². The summed E-state index contributed by atoms with van der Waals surface area (Å²) in [6.45, 7) is 7.16. The van der Waals surface area contributed by atoms with Gasteiger partial charge in [0.2, 0.25) is 0 Å². The molecule has 1 aromatic rings. The number of ether oxygens (including phenoxy) is 1. The average Bonchev–Trinajstić information content (AvgIpc) is 2.57. The standard InChI is InChI=1S/C11H18N2OS/c1-8-9(2)15-11(13-8)14-7-10-4-3-5-12-6-10/h10,12H,3-7H2,1-2H3. The molecule has 1 fully saturated rings. The summed E-state index contributed by atoms with van der Waals surface area (Å²) in [5.41, 5.74) is 1.09. The minimum atomic E-state index is 0.656. The minimum Gasteiger partial charge on any atom is -0.470 e. The highest BCUT2D eigenvalue weighted by Gasteiger charge is 2.14. The summed E-state index contributed by atoms with van der Waals surface area (Å²) in [6, 6.07) is 0. The molecule has 1 unspecified atom stereocenters. The molecule has 1 aliphatic rings. The number of nitrogens with one attached hydrogen (secondary N) is 1. The lowest BCUT2D eigenvalue weighted by atomic mass is 10.0. The van der Waals surface area contributed by atoms with Gasteiger partial charge in [-0.15, -0.1) is 0 Å². The number of piperidine rings is 1. The summed E-state index contributed by atoms with van der Waals surface area (Å²) >= 11 is 1.65. The Hall–Kier alpha value is -0.610. The number of rotatable bonds is 3. The molecule has 1 aliphatic heterocycles. The van der Waals surface area contributed by atoms with Crippen LogP contribution < -0.4 is 10.1 Å². The molecule has 1 N–H and O–H groups in total. The van der Waals surface area contributed by atoms with E-state index >= 15 is 0 Å². The van der Waals surface area contributed by atoms with Crippen LogP contribution in [-0.2, 0) is 0 Å². The normalized spacial score (nSPS) is 21.6. The predicted octanol–water partition coefficient (Wildman–Crippen LogP) is 2.14. The van der Waals surface area contributed by atoms with Crippen LogP contribution in [0.2, 0.25) is 0 Å².